The summed E-state index contributed by atoms with van der Waals surface area (Å²) >= 11 is 5.86. The van der Waals surface area contributed by atoms with Gasteiger partial charge in [0.2, 0.25) is 11.8 Å². The summed E-state index contributed by atoms with van der Waals surface area (Å²) in [5.41, 5.74) is 17.9. The van der Waals surface area contributed by atoms with Gasteiger partial charge in [-0.1, -0.05) is 80.2 Å². The molecular weight excluding hydrogens is 1280 g/mol. The molecule has 6 aromatic rings. The molecule has 0 saturated heterocycles. The van der Waals surface area contributed by atoms with Gasteiger partial charge < -0.3 is 31.2 Å². The smallest absolute Gasteiger partial charge is 1.00 e. The number of carboxylic acids is 1. The number of amides is 8. The summed E-state index contributed by atoms with van der Waals surface area (Å²) < 4.78 is 18.7. The van der Waals surface area contributed by atoms with Gasteiger partial charge in [-0.25, -0.2) is 24.0 Å². The van der Waals surface area contributed by atoms with E-state index in [1.807, 2.05) is 103 Å². The Morgan fingerprint density at radius 1 is 0.495 bits per heavy atom. The number of imide groups is 1. The topological polar surface area (TPSA) is 320 Å². The van der Waals surface area contributed by atoms with Crippen LogP contribution in [0.5, 0.6) is 0 Å². The van der Waals surface area contributed by atoms with Crippen LogP contribution in [0.15, 0.2) is 152 Å². The second-order valence-electron chi connectivity index (χ2n) is 20.2. The fraction of sp³-hybridized carbons (Fsp3) is 0.250. The number of nitrogens with two attached hydrogens (primary N) is 1. The number of rotatable bonds is 10. The number of halogens is 2. The van der Waals surface area contributed by atoms with Gasteiger partial charge in [-0.3, -0.25) is 69.0 Å². The molecule has 0 aliphatic carbocycles. The minimum atomic E-state index is -0.833. The number of hydrogen-bond acceptors (Lipinski definition) is 16. The number of aryl methyl sites for hydroxylation is 6. The summed E-state index contributed by atoms with van der Waals surface area (Å²) in [6.07, 6.45) is 7.54. The number of carbonyl (C=O) groups excluding carboxylic acids is 10. The van der Waals surface area contributed by atoms with Gasteiger partial charge in [0.25, 0.3) is 23.7 Å². The van der Waals surface area contributed by atoms with Crippen molar-refractivity contribution in [2.24, 2.45) is 5.73 Å². The van der Waals surface area contributed by atoms with Gasteiger partial charge in [0.05, 0.1) is 60.5 Å². The van der Waals surface area contributed by atoms with Gasteiger partial charge in [-0.05, 0) is 147 Å². The maximum Gasteiger partial charge on any atom is 1.00 e. The van der Waals surface area contributed by atoms with E-state index < -0.39 is 53.9 Å². The number of nitrogens with zero attached hydrogens (tertiary/aromatic N) is 4. The Bertz CT molecular complexity index is 3720. The molecule has 8 amide bonds. The molecule has 27 heteroatoms. The second kappa shape index (κ2) is 38.1. The van der Waals surface area contributed by atoms with Crippen molar-refractivity contribution in [3.8, 4) is 0 Å². The zero-order valence-electron chi connectivity index (χ0n) is 53.1. The zero-order valence-corrected chi connectivity index (χ0v) is 56.0. The quantitative estimate of drug-likeness (QED) is 0.0218. The Hall–Kier alpha value is -9.41. The third-order valence-electron chi connectivity index (χ3n) is 14.0. The number of ether oxygens (including phenoxy) is 4. The van der Waals surface area contributed by atoms with E-state index in [1.165, 1.54) is 4.90 Å². The molecule has 5 aliphatic heterocycles. The van der Waals surface area contributed by atoms with Crippen molar-refractivity contribution in [2.45, 2.75) is 73.6 Å². The van der Waals surface area contributed by atoms with Crippen LogP contribution < -0.4 is 87.8 Å². The second-order valence-corrected chi connectivity index (χ2v) is 20.4. The van der Waals surface area contributed by atoms with E-state index >= 15 is 0 Å². The van der Waals surface area contributed by atoms with Crippen molar-refractivity contribution in [3.63, 3.8) is 0 Å². The van der Waals surface area contributed by atoms with Crippen molar-refractivity contribution >= 4 is 129 Å². The number of aliphatic carboxylic acids is 1. The molecule has 6 aromatic carbocycles. The largest absolute Gasteiger partial charge is 1.00 e. The molecule has 496 valence electrons. The molecule has 11 rings (SSSR count). The molecule has 95 heavy (non-hydrogen) atoms. The van der Waals surface area contributed by atoms with E-state index in [2.05, 4.69) is 20.7 Å². The minimum Gasteiger partial charge on any atom is -1.00 e. The number of benzene rings is 6. The number of nitrogens with one attached hydrogen (secondary N) is 3. The minimum absolute atomic E-state index is 0. The van der Waals surface area contributed by atoms with E-state index in [-0.39, 0.29) is 102 Å². The fourth-order valence-corrected chi connectivity index (χ4v) is 10.2. The normalized spacial score (nSPS) is 13.0. The van der Waals surface area contributed by atoms with E-state index in [9.17, 15) is 47.9 Å². The molecule has 0 spiro atoms. The Morgan fingerprint density at radius 2 is 0.789 bits per heavy atom. The van der Waals surface area contributed by atoms with Gasteiger partial charge in [0.15, 0.2) is 0 Å². The number of fused-ring (bicyclic) bond motifs is 6. The Labute approximate surface area is 597 Å². The first-order valence-electron chi connectivity index (χ1n) is 29.1. The molecule has 24 nitrogen and oxygen atoms in total. The third kappa shape index (κ3) is 21.3. The van der Waals surface area contributed by atoms with Crippen LogP contribution in [0.25, 0.3) is 0 Å². The average Bonchev–Trinajstić information content (AvgIpc) is 1.54. The molecule has 6 N–H and O–H groups in total. The maximum absolute atomic E-state index is 13.4. The van der Waals surface area contributed by atoms with Crippen molar-refractivity contribution in [3.05, 3.63) is 185 Å². The van der Waals surface area contributed by atoms with Crippen LogP contribution in [0.1, 0.15) is 69.9 Å². The van der Waals surface area contributed by atoms with Crippen molar-refractivity contribution < 1.29 is 134 Å². The predicted octanol–water partition coefficient (Wildman–Crippen LogP) is 7.80. The van der Waals surface area contributed by atoms with Crippen molar-refractivity contribution in [2.75, 3.05) is 69.4 Å². The average molecular weight is 1350 g/mol. The summed E-state index contributed by atoms with van der Waals surface area (Å²) in [4.78, 5) is 132. The van der Waals surface area contributed by atoms with Crippen LogP contribution in [-0.4, -0.2) is 115 Å². The van der Waals surface area contributed by atoms with Gasteiger partial charge >= 0.3 is 81.6 Å². The van der Waals surface area contributed by atoms with Crippen molar-refractivity contribution in [1.82, 2.24) is 4.90 Å². The van der Waals surface area contributed by atoms with E-state index in [4.69, 9.17) is 41.4 Å². The summed E-state index contributed by atoms with van der Waals surface area (Å²) in [7, 11) is 0. The maximum atomic E-state index is 13.4. The number of hydrogen-bond donors (Lipinski definition) is 5. The van der Waals surface area contributed by atoms with Crippen LogP contribution in [0, 0.1) is 0 Å². The van der Waals surface area contributed by atoms with Gasteiger partial charge in [0, 0.05) is 48.3 Å². The first-order chi connectivity index (χ1) is 44.3. The van der Waals surface area contributed by atoms with Crippen LogP contribution in [0.3, 0.4) is 0 Å². The monoisotopic (exact) mass is 1350 g/mol. The van der Waals surface area contributed by atoms with Crippen LogP contribution in [0.2, 0.25) is 0 Å². The van der Waals surface area contributed by atoms with Gasteiger partial charge in [0.1, 0.15) is 12.4 Å². The van der Waals surface area contributed by atoms with Crippen LogP contribution in [-0.2, 0) is 95.8 Å². The molecule has 0 radical (unpaired) electrons. The van der Waals surface area contributed by atoms with E-state index in [0.29, 0.717) is 48.1 Å². The Morgan fingerprint density at radius 3 is 1.07 bits per heavy atom. The van der Waals surface area contributed by atoms with Crippen molar-refractivity contribution in [1.29, 1.82) is 0 Å². The number of para-hydroxylation sites is 3. The van der Waals surface area contributed by atoms with E-state index in [1.54, 1.807) is 54.8 Å². The molecule has 0 aromatic heterocycles. The summed E-state index contributed by atoms with van der Waals surface area (Å²) in [6.45, 7) is 6.63. The summed E-state index contributed by atoms with van der Waals surface area (Å²) in [5.74, 6) is -3.96. The summed E-state index contributed by atoms with van der Waals surface area (Å²) in [6, 6.07) is 39.5. The standard InChI is InChI=1S/C23H21N3O5.C19H19ClN2O3.C19H21N3O3.C4H2O3.C2H4O2.CH4.FH.K.H/c1-2-31-23(30)24-17-10-9-16-8-7-15-5-3-4-6-18(15)26(19(16)13-17)22(29)14-25-20(27)11-12-21(25)28;2*1-2-25-19(24)21-15-10-9-14-8-7-13-5-3-4-6-16(13)22(17(14)11-15)18(23)12-20;5-3-1-2-4(6)7-3;1-2(3)4;;;;/h3-6,9-13H,2,7-8,14H2,1H3,(H,24,30);3-6,9-11H,2,7-8,12H2,1H3,(H,21,24);3-6,9-11H,2,7-8,12,20H2,1H3,(H,21,24);1-2H;1H3,(H,3,4);1H4;1H;;/q;;;;;;;+1;-1. The molecule has 0 fully saturated rings. The number of alkyl halides is 1. The molecular formula is C68H73ClFKN8O16. The van der Waals surface area contributed by atoms with Crippen LogP contribution in [0.4, 0.5) is 70.3 Å². The van der Waals surface area contributed by atoms with Gasteiger partial charge in [-0.2, -0.15) is 0 Å². The summed E-state index contributed by atoms with van der Waals surface area (Å²) in [5, 5.41) is 15.4. The third-order valence-corrected chi connectivity index (χ3v) is 14.2. The number of anilines is 9. The number of esters is 2. The molecule has 0 bridgehead atoms. The fourth-order valence-electron chi connectivity index (χ4n) is 10.1. The number of carbonyl (C=O) groups is 11. The first kappa shape index (κ1) is 78.0. The molecule has 0 saturated carbocycles. The Balaban J connectivity index is 0.000000342. The van der Waals surface area contributed by atoms with E-state index in [0.717, 1.165) is 124 Å². The predicted molar refractivity (Wildman–Crippen MR) is 354 cm³/mol. The molecule has 5 aliphatic rings. The SMILES string of the molecule is C.CC(=O)O.CCOC(=O)Nc1ccc2c(c1)N(C(=O)CCl)c1ccccc1CC2.CCOC(=O)Nc1ccc2c(c1)N(C(=O)CN)c1ccccc1CC2.CCOC(=O)Nc1ccc2c(c1)N(C(=O)CN1C(=O)C=CC1=O)c1ccccc1CC2.F.O=C1C=CC(=O)O1.[H-].[K+]. The van der Waals surface area contributed by atoms with Crippen LogP contribution >= 0.6 is 11.6 Å². The molecule has 0 atom stereocenters. The Kier molecular flexibility index (Phi) is 31.3. The molecule has 5 heterocycles. The first-order valence-corrected chi connectivity index (χ1v) is 29.7. The number of carboxylic acid groups (broad SMARTS) is 1. The van der Waals surface area contributed by atoms with Gasteiger partial charge in [-0.15, -0.1) is 11.6 Å². The molecule has 0 unspecified atom stereocenters. The zero-order chi connectivity index (χ0) is 66.4. The number of cyclic esters (lactones) is 2.